The van der Waals surface area contributed by atoms with Crippen molar-refractivity contribution < 1.29 is 18.3 Å². The van der Waals surface area contributed by atoms with E-state index in [2.05, 4.69) is 5.32 Å². The highest BCUT2D eigenvalue weighted by molar-refractivity contribution is 5.81. The molecule has 4 nitrogen and oxygen atoms in total. The summed E-state index contributed by atoms with van der Waals surface area (Å²) in [7, 11) is 0. The molecule has 1 fully saturated rings. The molecular weight excluding hydrogens is 266 g/mol. The zero-order valence-corrected chi connectivity index (χ0v) is 11.2. The molecule has 1 aliphatic rings. The van der Waals surface area contributed by atoms with E-state index >= 15 is 0 Å². The van der Waals surface area contributed by atoms with E-state index in [-0.39, 0.29) is 17.7 Å². The van der Waals surface area contributed by atoms with Crippen LogP contribution in [-0.2, 0) is 4.79 Å². The summed E-state index contributed by atoms with van der Waals surface area (Å²) in [6, 6.07) is 3.12. The van der Waals surface area contributed by atoms with Gasteiger partial charge in [0, 0.05) is 18.7 Å². The third kappa shape index (κ3) is 3.66. The van der Waals surface area contributed by atoms with Gasteiger partial charge in [-0.25, -0.2) is 8.78 Å². The molecule has 3 N–H and O–H groups in total. The monoisotopic (exact) mass is 284 g/mol. The number of benzene rings is 1. The van der Waals surface area contributed by atoms with Gasteiger partial charge in [0.15, 0.2) is 17.7 Å². The summed E-state index contributed by atoms with van der Waals surface area (Å²) in [5, 5.41) is 2.82. The first kappa shape index (κ1) is 14.7. The Morgan fingerprint density at radius 2 is 2.15 bits per heavy atom. The minimum Gasteiger partial charge on any atom is -0.481 e. The molecule has 0 aromatic heterocycles. The number of hydrogen-bond acceptors (Lipinski definition) is 3. The summed E-state index contributed by atoms with van der Waals surface area (Å²) in [6.07, 6.45) is 1.34. The molecule has 0 spiro atoms. The van der Waals surface area contributed by atoms with E-state index < -0.39 is 17.7 Å². The molecule has 6 heteroatoms. The molecule has 0 saturated heterocycles. The van der Waals surface area contributed by atoms with Crippen molar-refractivity contribution in [3.63, 3.8) is 0 Å². The molecule has 0 bridgehead atoms. The van der Waals surface area contributed by atoms with Crippen LogP contribution in [0, 0.1) is 17.6 Å². The normalized spacial score (nSPS) is 17.4. The van der Waals surface area contributed by atoms with Crippen LogP contribution >= 0.6 is 0 Å². The molecule has 2 atom stereocenters. The van der Waals surface area contributed by atoms with Crippen LogP contribution < -0.4 is 15.8 Å². The summed E-state index contributed by atoms with van der Waals surface area (Å²) >= 11 is 0. The molecule has 1 aromatic rings. The first-order valence-electron chi connectivity index (χ1n) is 6.63. The van der Waals surface area contributed by atoms with E-state index in [1.54, 1.807) is 6.92 Å². The maximum absolute atomic E-state index is 13.0. The van der Waals surface area contributed by atoms with Crippen molar-refractivity contribution in [2.24, 2.45) is 11.7 Å². The summed E-state index contributed by atoms with van der Waals surface area (Å²) in [6.45, 7) is 1.94. The average Bonchev–Trinajstić information content (AvgIpc) is 3.24. The van der Waals surface area contributed by atoms with Crippen molar-refractivity contribution in [1.82, 2.24) is 5.32 Å². The van der Waals surface area contributed by atoms with Crippen molar-refractivity contribution in [2.75, 3.05) is 6.54 Å². The Labute approximate surface area is 116 Å². The van der Waals surface area contributed by atoms with Gasteiger partial charge < -0.3 is 15.8 Å². The smallest absolute Gasteiger partial charge is 0.261 e. The first-order valence-corrected chi connectivity index (χ1v) is 6.63. The van der Waals surface area contributed by atoms with Crippen LogP contribution in [-0.4, -0.2) is 24.6 Å². The van der Waals surface area contributed by atoms with Gasteiger partial charge in [0.2, 0.25) is 0 Å². The molecule has 2 rings (SSSR count). The van der Waals surface area contributed by atoms with Crippen LogP contribution in [0.25, 0.3) is 0 Å². The second-order valence-electron chi connectivity index (χ2n) is 5.02. The molecule has 1 aliphatic carbocycles. The predicted octanol–water partition coefficient (Wildman–Crippen LogP) is 1.59. The number of nitrogens with one attached hydrogen (secondary N) is 1. The molecule has 0 heterocycles. The Balaban J connectivity index is 1.91. The SMILES string of the molecule is CC(Oc1ccc(F)c(F)c1)C(=O)NC(CN)C1CC1. The van der Waals surface area contributed by atoms with Gasteiger partial charge in [0.05, 0.1) is 0 Å². The van der Waals surface area contributed by atoms with Gasteiger partial charge in [0.25, 0.3) is 5.91 Å². The number of carbonyl (C=O) groups excluding carboxylic acids is 1. The third-order valence-electron chi connectivity index (χ3n) is 3.35. The van der Waals surface area contributed by atoms with E-state index in [4.69, 9.17) is 10.5 Å². The second-order valence-corrected chi connectivity index (χ2v) is 5.02. The van der Waals surface area contributed by atoms with Gasteiger partial charge in [-0.3, -0.25) is 4.79 Å². The van der Waals surface area contributed by atoms with Crippen molar-refractivity contribution in [2.45, 2.75) is 31.9 Å². The van der Waals surface area contributed by atoms with Crippen LogP contribution in [0.5, 0.6) is 5.75 Å². The molecule has 2 unspecified atom stereocenters. The highest BCUT2D eigenvalue weighted by atomic mass is 19.2. The van der Waals surface area contributed by atoms with E-state index in [1.165, 1.54) is 6.07 Å². The predicted molar refractivity (Wildman–Crippen MR) is 70.2 cm³/mol. The molecule has 0 aliphatic heterocycles. The Morgan fingerprint density at radius 1 is 1.45 bits per heavy atom. The fourth-order valence-corrected chi connectivity index (χ4v) is 1.98. The van der Waals surface area contributed by atoms with E-state index in [0.717, 1.165) is 25.0 Å². The topological polar surface area (TPSA) is 64.3 Å². The standard InChI is InChI=1S/C14H18F2N2O2/c1-8(14(19)18-13(7-17)9-2-3-9)20-10-4-5-11(15)12(16)6-10/h4-6,8-9,13H,2-3,7,17H2,1H3,(H,18,19). The molecule has 1 saturated carbocycles. The Kier molecular flexibility index (Phi) is 4.54. The van der Waals surface area contributed by atoms with Crippen molar-refractivity contribution >= 4 is 5.91 Å². The average molecular weight is 284 g/mol. The molecule has 20 heavy (non-hydrogen) atoms. The largest absolute Gasteiger partial charge is 0.481 e. The van der Waals surface area contributed by atoms with Gasteiger partial charge in [-0.2, -0.15) is 0 Å². The maximum Gasteiger partial charge on any atom is 0.261 e. The number of rotatable bonds is 6. The first-order chi connectivity index (χ1) is 9.51. The summed E-state index contributed by atoms with van der Waals surface area (Å²) in [5.74, 6) is -1.71. The van der Waals surface area contributed by atoms with Crippen LogP contribution in [0.4, 0.5) is 8.78 Å². The fourth-order valence-electron chi connectivity index (χ4n) is 1.98. The minimum atomic E-state index is -1.01. The van der Waals surface area contributed by atoms with Crippen LogP contribution in [0.3, 0.4) is 0 Å². The molecule has 1 amide bonds. The van der Waals surface area contributed by atoms with Gasteiger partial charge in [-0.15, -0.1) is 0 Å². The summed E-state index contributed by atoms with van der Waals surface area (Å²) in [4.78, 5) is 11.9. The Hall–Kier alpha value is -1.69. The number of halogens is 2. The summed E-state index contributed by atoms with van der Waals surface area (Å²) in [5.41, 5.74) is 5.60. The van der Waals surface area contributed by atoms with Gasteiger partial charge in [-0.1, -0.05) is 0 Å². The lowest BCUT2D eigenvalue weighted by Crippen LogP contribution is -2.46. The van der Waals surface area contributed by atoms with Gasteiger partial charge in [0.1, 0.15) is 5.75 Å². The Morgan fingerprint density at radius 3 is 2.70 bits per heavy atom. The zero-order chi connectivity index (χ0) is 14.7. The van der Waals surface area contributed by atoms with Crippen molar-refractivity contribution in [3.05, 3.63) is 29.8 Å². The molecule has 1 aromatic carbocycles. The van der Waals surface area contributed by atoms with Crippen molar-refractivity contribution in [3.8, 4) is 5.75 Å². The van der Waals surface area contributed by atoms with Gasteiger partial charge in [-0.05, 0) is 37.8 Å². The number of nitrogens with two attached hydrogens (primary N) is 1. The van der Waals surface area contributed by atoms with Crippen LogP contribution in [0.2, 0.25) is 0 Å². The van der Waals surface area contributed by atoms with Gasteiger partial charge >= 0.3 is 0 Å². The maximum atomic E-state index is 13.0. The van der Waals surface area contributed by atoms with E-state index in [9.17, 15) is 13.6 Å². The fraction of sp³-hybridized carbons (Fsp3) is 0.500. The van der Waals surface area contributed by atoms with Crippen LogP contribution in [0.1, 0.15) is 19.8 Å². The number of amides is 1. The number of carbonyl (C=O) groups is 1. The summed E-state index contributed by atoms with van der Waals surface area (Å²) < 4.78 is 31.1. The number of ether oxygens (including phenoxy) is 1. The lowest BCUT2D eigenvalue weighted by atomic mass is 10.2. The molecule has 110 valence electrons. The Bertz CT molecular complexity index is 492. The molecule has 0 radical (unpaired) electrons. The highest BCUT2D eigenvalue weighted by Crippen LogP contribution is 2.32. The highest BCUT2D eigenvalue weighted by Gasteiger charge is 2.32. The molecular formula is C14H18F2N2O2. The van der Waals surface area contributed by atoms with E-state index in [1.807, 2.05) is 0 Å². The lowest BCUT2D eigenvalue weighted by molar-refractivity contribution is -0.128. The lowest BCUT2D eigenvalue weighted by Gasteiger charge is -2.20. The minimum absolute atomic E-state index is 0.0431. The quantitative estimate of drug-likeness (QED) is 0.833. The zero-order valence-electron chi connectivity index (χ0n) is 11.2. The van der Waals surface area contributed by atoms with Crippen molar-refractivity contribution in [1.29, 1.82) is 0 Å². The second kappa shape index (κ2) is 6.17. The van der Waals surface area contributed by atoms with E-state index in [0.29, 0.717) is 12.5 Å². The van der Waals surface area contributed by atoms with Crippen LogP contribution in [0.15, 0.2) is 18.2 Å². The number of hydrogen-bond donors (Lipinski definition) is 2. The third-order valence-corrected chi connectivity index (χ3v) is 3.35.